The second-order valence-electron chi connectivity index (χ2n) is 4.92. The van der Waals surface area contributed by atoms with Gasteiger partial charge in [-0.05, 0) is 26.2 Å². The lowest BCUT2D eigenvalue weighted by molar-refractivity contribution is 0.266. The van der Waals surface area contributed by atoms with Crippen molar-refractivity contribution in [3.05, 3.63) is 11.4 Å². The number of aromatic nitrogens is 2. The molecule has 0 saturated heterocycles. The zero-order valence-corrected chi connectivity index (χ0v) is 11.0. The largest absolute Gasteiger partial charge is 0.394 e. The Hall–Kier alpha value is -1.40. The molecule has 1 fully saturated rings. The summed E-state index contributed by atoms with van der Waals surface area (Å²) in [5, 5.41) is 12.7. The number of anilines is 2. The molecule has 1 heterocycles. The standard InChI is InChI=1S/C12H21N5O/c1-3-4-9-14-10(8(2)11(15-9)17-13)16-12(7-18)5-6-12/h18H,3-7,13H2,1-2H3,(H2,14,15,16,17). The molecule has 0 radical (unpaired) electrons. The van der Waals surface area contributed by atoms with Crippen molar-refractivity contribution >= 4 is 11.6 Å². The van der Waals surface area contributed by atoms with Crippen LogP contribution in [0.5, 0.6) is 0 Å². The van der Waals surface area contributed by atoms with Gasteiger partial charge in [-0.3, -0.25) is 0 Å². The lowest BCUT2D eigenvalue weighted by Gasteiger charge is -2.19. The van der Waals surface area contributed by atoms with Gasteiger partial charge >= 0.3 is 0 Å². The Balaban J connectivity index is 2.29. The number of hydrazine groups is 1. The Morgan fingerprint density at radius 2 is 2.00 bits per heavy atom. The molecule has 0 bridgehead atoms. The maximum absolute atomic E-state index is 9.36. The molecule has 0 unspecified atom stereocenters. The zero-order valence-electron chi connectivity index (χ0n) is 11.0. The third-order valence-electron chi connectivity index (χ3n) is 3.34. The Morgan fingerprint density at radius 1 is 1.33 bits per heavy atom. The van der Waals surface area contributed by atoms with Gasteiger partial charge in [0.2, 0.25) is 0 Å². The topological polar surface area (TPSA) is 96.1 Å². The molecule has 0 aromatic carbocycles. The van der Waals surface area contributed by atoms with Gasteiger partial charge in [-0.25, -0.2) is 15.8 Å². The highest BCUT2D eigenvalue weighted by atomic mass is 16.3. The maximum atomic E-state index is 9.36. The van der Waals surface area contributed by atoms with Gasteiger partial charge in [0.25, 0.3) is 0 Å². The average molecular weight is 251 g/mol. The molecule has 18 heavy (non-hydrogen) atoms. The van der Waals surface area contributed by atoms with Crippen LogP contribution in [0.1, 0.15) is 37.6 Å². The van der Waals surface area contributed by atoms with E-state index < -0.39 is 0 Å². The van der Waals surface area contributed by atoms with Gasteiger partial charge in [0.05, 0.1) is 12.1 Å². The second kappa shape index (κ2) is 5.07. The molecule has 2 rings (SSSR count). The number of hydrogen-bond donors (Lipinski definition) is 4. The van der Waals surface area contributed by atoms with Crippen LogP contribution in [0.15, 0.2) is 0 Å². The molecule has 6 nitrogen and oxygen atoms in total. The summed E-state index contributed by atoms with van der Waals surface area (Å²) in [5.74, 6) is 7.66. The fourth-order valence-corrected chi connectivity index (χ4v) is 1.89. The molecule has 1 aliphatic carbocycles. The van der Waals surface area contributed by atoms with E-state index in [4.69, 9.17) is 5.84 Å². The number of nitrogen functional groups attached to an aromatic ring is 1. The van der Waals surface area contributed by atoms with Crippen LogP contribution in [0.3, 0.4) is 0 Å². The minimum Gasteiger partial charge on any atom is -0.394 e. The van der Waals surface area contributed by atoms with Gasteiger partial charge in [-0.15, -0.1) is 0 Å². The molecule has 0 aliphatic heterocycles. The van der Waals surface area contributed by atoms with Crippen LogP contribution >= 0.6 is 0 Å². The second-order valence-corrected chi connectivity index (χ2v) is 4.92. The summed E-state index contributed by atoms with van der Waals surface area (Å²) >= 11 is 0. The van der Waals surface area contributed by atoms with Crippen molar-refractivity contribution in [3.63, 3.8) is 0 Å². The van der Waals surface area contributed by atoms with Crippen LogP contribution in [0.2, 0.25) is 0 Å². The predicted molar refractivity (Wildman–Crippen MR) is 71.2 cm³/mol. The Morgan fingerprint density at radius 3 is 2.50 bits per heavy atom. The minimum atomic E-state index is -0.186. The van der Waals surface area contributed by atoms with E-state index in [0.29, 0.717) is 5.82 Å². The number of nitrogens with two attached hydrogens (primary N) is 1. The van der Waals surface area contributed by atoms with Gasteiger partial charge < -0.3 is 15.8 Å². The highest BCUT2D eigenvalue weighted by Crippen LogP contribution is 2.39. The molecule has 5 N–H and O–H groups in total. The number of nitrogens with zero attached hydrogens (tertiary/aromatic N) is 2. The van der Waals surface area contributed by atoms with E-state index in [1.165, 1.54) is 0 Å². The summed E-state index contributed by atoms with van der Waals surface area (Å²) < 4.78 is 0. The lowest BCUT2D eigenvalue weighted by atomic mass is 10.2. The number of aliphatic hydroxyl groups excluding tert-OH is 1. The van der Waals surface area contributed by atoms with E-state index in [2.05, 4.69) is 27.6 Å². The van der Waals surface area contributed by atoms with Gasteiger partial charge in [-0.2, -0.15) is 0 Å². The SMILES string of the molecule is CCCc1nc(NN)c(C)c(NC2(CO)CC2)n1. The molecular weight excluding hydrogens is 230 g/mol. The smallest absolute Gasteiger partial charge is 0.148 e. The Labute approximate surface area is 107 Å². The summed E-state index contributed by atoms with van der Waals surface area (Å²) in [6.07, 6.45) is 3.75. The number of rotatable bonds is 6. The molecule has 1 aliphatic rings. The molecule has 0 atom stereocenters. The number of nitrogens with one attached hydrogen (secondary N) is 2. The first-order chi connectivity index (χ1) is 8.64. The fourth-order valence-electron chi connectivity index (χ4n) is 1.89. The molecule has 100 valence electrons. The van der Waals surface area contributed by atoms with Crippen molar-refractivity contribution in [2.75, 3.05) is 17.3 Å². The quantitative estimate of drug-likeness (QED) is 0.444. The molecule has 1 aromatic heterocycles. The van der Waals surface area contributed by atoms with E-state index >= 15 is 0 Å². The maximum Gasteiger partial charge on any atom is 0.148 e. The molecule has 1 saturated carbocycles. The van der Waals surface area contributed by atoms with Crippen molar-refractivity contribution in [2.45, 2.75) is 45.1 Å². The molecule has 1 aromatic rings. The summed E-state index contributed by atoms with van der Waals surface area (Å²) in [4.78, 5) is 8.88. The number of hydrogen-bond acceptors (Lipinski definition) is 6. The summed E-state index contributed by atoms with van der Waals surface area (Å²) in [6, 6.07) is 0. The van der Waals surface area contributed by atoms with Crippen LogP contribution < -0.4 is 16.6 Å². The van der Waals surface area contributed by atoms with Crippen LogP contribution in [-0.2, 0) is 6.42 Å². The zero-order chi connectivity index (χ0) is 13.2. The van der Waals surface area contributed by atoms with Crippen LogP contribution in [0.4, 0.5) is 11.6 Å². The number of aryl methyl sites for hydroxylation is 1. The minimum absolute atomic E-state index is 0.130. The van der Waals surface area contributed by atoms with Gasteiger partial charge in [0.15, 0.2) is 0 Å². The first-order valence-electron chi connectivity index (χ1n) is 6.37. The van der Waals surface area contributed by atoms with E-state index in [9.17, 15) is 5.11 Å². The van der Waals surface area contributed by atoms with Crippen LogP contribution in [0.25, 0.3) is 0 Å². The first kappa shape index (κ1) is 13.0. The van der Waals surface area contributed by atoms with Crippen LogP contribution in [0, 0.1) is 6.92 Å². The van der Waals surface area contributed by atoms with Crippen molar-refractivity contribution in [3.8, 4) is 0 Å². The van der Waals surface area contributed by atoms with E-state index in [1.54, 1.807) is 0 Å². The van der Waals surface area contributed by atoms with E-state index in [1.807, 2.05) is 6.92 Å². The van der Waals surface area contributed by atoms with Crippen LogP contribution in [-0.4, -0.2) is 27.2 Å². The van der Waals surface area contributed by atoms with Crippen molar-refractivity contribution in [1.29, 1.82) is 0 Å². The fraction of sp³-hybridized carbons (Fsp3) is 0.667. The van der Waals surface area contributed by atoms with Crippen molar-refractivity contribution < 1.29 is 5.11 Å². The molecule has 0 spiro atoms. The Bertz CT molecular complexity index is 431. The summed E-state index contributed by atoms with van der Waals surface area (Å²) in [5.41, 5.74) is 3.31. The van der Waals surface area contributed by atoms with Crippen molar-refractivity contribution in [2.24, 2.45) is 5.84 Å². The van der Waals surface area contributed by atoms with Crippen molar-refractivity contribution in [1.82, 2.24) is 9.97 Å². The highest BCUT2D eigenvalue weighted by molar-refractivity contribution is 5.58. The lowest BCUT2D eigenvalue weighted by Crippen LogP contribution is -2.27. The Kier molecular flexibility index (Phi) is 3.68. The third kappa shape index (κ3) is 2.54. The molecule has 0 amide bonds. The first-order valence-corrected chi connectivity index (χ1v) is 6.37. The normalized spacial score (nSPS) is 16.4. The third-order valence-corrected chi connectivity index (χ3v) is 3.34. The predicted octanol–water partition coefficient (Wildman–Crippen LogP) is 0.960. The summed E-state index contributed by atoms with van der Waals surface area (Å²) in [7, 11) is 0. The van der Waals surface area contributed by atoms with E-state index in [0.717, 1.165) is 42.9 Å². The monoisotopic (exact) mass is 251 g/mol. The molecule has 6 heteroatoms. The van der Waals surface area contributed by atoms with Gasteiger partial charge in [0, 0.05) is 12.0 Å². The van der Waals surface area contributed by atoms with Gasteiger partial charge in [-0.1, -0.05) is 6.92 Å². The summed E-state index contributed by atoms with van der Waals surface area (Å²) in [6.45, 7) is 4.13. The molecular formula is C12H21N5O. The number of aliphatic hydroxyl groups is 1. The van der Waals surface area contributed by atoms with E-state index in [-0.39, 0.29) is 12.1 Å². The average Bonchev–Trinajstić information content (AvgIpc) is 3.14. The highest BCUT2D eigenvalue weighted by Gasteiger charge is 2.42. The van der Waals surface area contributed by atoms with Gasteiger partial charge in [0.1, 0.15) is 17.5 Å².